The Kier molecular flexibility index (Phi) is 4.23. The summed E-state index contributed by atoms with van der Waals surface area (Å²) in [5.74, 6) is 2.67. The lowest BCUT2D eigenvalue weighted by molar-refractivity contribution is -0.121. The quantitative estimate of drug-likeness (QED) is 0.735. The molecule has 1 amide bonds. The second kappa shape index (κ2) is 6.47. The Labute approximate surface area is 128 Å². The van der Waals surface area contributed by atoms with Gasteiger partial charge in [-0.25, -0.2) is 4.98 Å². The topological polar surface area (TPSA) is 70.9 Å². The standard InChI is InChI=1S/C17H19N3O2/c1-12-6-7-13(22-12)10-11-18-17(21)9-8-16-19-14-4-2-3-5-15(14)20-16/h2-7H,8-11H2,1H3,(H,18,21)(H,19,20). The van der Waals surface area contributed by atoms with Gasteiger partial charge in [0.15, 0.2) is 0 Å². The first-order chi connectivity index (χ1) is 10.7. The van der Waals surface area contributed by atoms with Gasteiger partial charge in [-0.1, -0.05) is 12.1 Å². The van der Waals surface area contributed by atoms with Gasteiger partial charge in [0.25, 0.3) is 0 Å². The first kappa shape index (κ1) is 14.4. The van der Waals surface area contributed by atoms with Gasteiger partial charge in [0.05, 0.1) is 11.0 Å². The third-order valence-electron chi connectivity index (χ3n) is 3.52. The van der Waals surface area contributed by atoms with Crippen molar-refractivity contribution in [1.29, 1.82) is 0 Å². The Morgan fingerprint density at radius 1 is 1.23 bits per heavy atom. The van der Waals surface area contributed by atoms with Crippen molar-refractivity contribution < 1.29 is 9.21 Å². The largest absolute Gasteiger partial charge is 0.466 e. The van der Waals surface area contributed by atoms with Crippen LogP contribution in [0.5, 0.6) is 0 Å². The van der Waals surface area contributed by atoms with Crippen LogP contribution in [0.15, 0.2) is 40.8 Å². The molecule has 1 aromatic carbocycles. The Morgan fingerprint density at radius 3 is 2.86 bits per heavy atom. The van der Waals surface area contributed by atoms with Crippen LogP contribution in [0.4, 0.5) is 0 Å². The maximum atomic E-state index is 11.8. The number of aryl methyl sites for hydroxylation is 2. The fourth-order valence-corrected chi connectivity index (χ4v) is 2.39. The molecule has 22 heavy (non-hydrogen) atoms. The van der Waals surface area contributed by atoms with Crippen LogP contribution in [0.3, 0.4) is 0 Å². The molecule has 5 nitrogen and oxygen atoms in total. The number of aromatic amines is 1. The molecule has 2 heterocycles. The van der Waals surface area contributed by atoms with E-state index in [0.29, 0.717) is 25.8 Å². The van der Waals surface area contributed by atoms with Crippen molar-refractivity contribution in [3.63, 3.8) is 0 Å². The van der Waals surface area contributed by atoms with Crippen LogP contribution in [0.25, 0.3) is 11.0 Å². The van der Waals surface area contributed by atoms with E-state index in [-0.39, 0.29) is 5.91 Å². The van der Waals surface area contributed by atoms with Gasteiger partial charge in [0.2, 0.25) is 5.91 Å². The highest BCUT2D eigenvalue weighted by atomic mass is 16.3. The zero-order chi connectivity index (χ0) is 15.4. The Balaban J connectivity index is 1.43. The molecule has 3 rings (SSSR count). The van der Waals surface area contributed by atoms with Gasteiger partial charge in [-0.15, -0.1) is 0 Å². The molecule has 0 radical (unpaired) electrons. The highest BCUT2D eigenvalue weighted by Crippen LogP contribution is 2.11. The maximum absolute atomic E-state index is 11.8. The summed E-state index contributed by atoms with van der Waals surface area (Å²) < 4.78 is 5.46. The minimum atomic E-state index is 0.0312. The average molecular weight is 297 g/mol. The van der Waals surface area contributed by atoms with Gasteiger partial charge in [0.1, 0.15) is 17.3 Å². The monoisotopic (exact) mass is 297 g/mol. The number of hydrogen-bond acceptors (Lipinski definition) is 3. The molecule has 0 fully saturated rings. The molecular weight excluding hydrogens is 278 g/mol. The summed E-state index contributed by atoms with van der Waals surface area (Å²) in [5.41, 5.74) is 1.94. The molecule has 0 saturated carbocycles. The Bertz CT molecular complexity index is 740. The molecule has 3 aromatic rings. The lowest BCUT2D eigenvalue weighted by Gasteiger charge is -2.03. The van der Waals surface area contributed by atoms with Gasteiger partial charge < -0.3 is 14.7 Å². The Morgan fingerprint density at radius 2 is 2.09 bits per heavy atom. The van der Waals surface area contributed by atoms with E-state index < -0.39 is 0 Å². The lowest BCUT2D eigenvalue weighted by atomic mass is 10.2. The molecule has 0 spiro atoms. The first-order valence-corrected chi connectivity index (χ1v) is 7.46. The highest BCUT2D eigenvalue weighted by molar-refractivity contribution is 5.77. The van der Waals surface area contributed by atoms with E-state index in [0.717, 1.165) is 28.4 Å². The Hall–Kier alpha value is -2.56. The van der Waals surface area contributed by atoms with Crippen molar-refractivity contribution in [1.82, 2.24) is 15.3 Å². The number of amides is 1. The zero-order valence-electron chi connectivity index (χ0n) is 12.6. The zero-order valence-corrected chi connectivity index (χ0v) is 12.6. The van der Waals surface area contributed by atoms with Gasteiger partial charge >= 0.3 is 0 Å². The predicted octanol–water partition coefficient (Wildman–Crippen LogP) is 2.76. The fraction of sp³-hybridized carbons (Fsp3) is 0.294. The molecule has 2 N–H and O–H groups in total. The second-order valence-corrected chi connectivity index (χ2v) is 5.31. The number of benzene rings is 1. The normalized spacial score (nSPS) is 11.0. The number of rotatable bonds is 6. The summed E-state index contributed by atoms with van der Waals surface area (Å²) in [7, 11) is 0. The number of furan rings is 1. The molecule has 5 heteroatoms. The van der Waals surface area contributed by atoms with E-state index in [1.807, 2.05) is 43.3 Å². The van der Waals surface area contributed by atoms with Crippen molar-refractivity contribution in [3.05, 3.63) is 53.7 Å². The van der Waals surface area contributed by atoms with Gasteiger partial charge in [-0.2, -0.15) is 0 Å². The molecule has 0 saturated heterocycles. The number of para-hydroxylation sites is 2. The van der Waals surface area contributed by atoms with Crippen LogP contribution in [-0.2, 0) is 17.6 Å². The van der Waals surface area contributed by atoms with Crippen LogP contribution >= 0.6 is 0 Å². The van der Waals surface area contributed by atoms with Crippen LogP contribution < -0.4 is 5.32 Å². The number of nitrogens with zero attached hydrogens (tertiary/aromatic N) is 1. The van der Waals surface area contributed by atoms with E-state index in [1.165, 1.54) is 0 Å². The molecule has 0 atom stereocenters. The fourth-order valence-electron chi connectivity index (χ4n) is 2.39. The highest BCUT2D eigenvalue weighted by Gasteiger charge is 2.06. The minimum absolute atomic E-state index is 0.0312. The summed E-state index contributed by atoms with van der Waals surface area (Å²) in [5, 5.41) is 2.90. The van der Waals surface area contributed by atoms with Gasteiger partial charge in [-0.05, 0) is 31.2 Å². The van der Waals surface area contributed by atoms with Gasteiger partial charge in [0, 0.05) is 25.8 Å². The molecular formula is C17H19N3O2. The van der Waals surface area contributed by atoms with Crippen LogP contribution in [0.2, 0.25) is 0 Å². The third-order valence-corrected chi connectivity index (χ3v) is 3.52. The number of carbonyl (C=O) groups excluding carboxylic acids is 1. The molecule has 0 bridgehead atoms. The summed E-state index contributed by atoms with van der Waals surface area (Å²) in [6, 6.07) is 11.7. The average Bonchev–Trinajstić information content (AvgIpc) is 3.11. The van der Waals surface area contributed by atoms with Crippen molar-refractivity contribution in [2.75, 3.05) is 6.54 Å². The maximum Gasteiger partial charge on any atom is 0.220 e. The molecule has 0 aliphatic heterocycles. The summed E-state index contributed by atoms with van der Waals surface area (Å²) >= 11 is 0. The molecule has 114 valence electrons. The number of aromatic nitrogens is 2. The number of nitrogens with one attached hydrogen (secondary N) is 2. The second-order valence-electron chi connectivity index (χ2n) is 5.31. The predicted molar refractivity (Wildman–Crippen MR) is 84.6 cm³/mol. The van der Waals surface area contributed by atoms with Gasteiger partial charge in [-0.3, -0.25) is 4.79 Å². The summed E-state index contributed by atoms with van der Waals surface area (Å²) in [6.45, 7) is 2.50. The van der Waals surface area contributed by atoms with Crippen molar-refractivity contribution >= 4 is 16.9 Å². The number of imidazole rings is 1. The van der Waals surface area contributed by atoms with E-state index in [2.05, 4.69) is 15.3 Å². The van der Waals surface area contributed by atoms with Crippen molar-refractivity contribution in [2.45, 2.75) is 26.2 Å². The van der Waals surface area contributed by atoms with E-state index in [4.69, 9.17) is 4.42 Å². The molecule has 0 unspecified atom stereocenters. The molecule has 0 aliphatic carbocycles. The van der Waals surface area contributed by atoms with Crippen LogP contribution in [0, 0.1) is 6.92 Å². The summed E-state index contributed by atoms with van der Waals surface area (Å²) in [6.07, 6.45) is 1.75. The SMILES string of the molecule is Cc1ccc(CCNC(=O)CCc2nc3ccccc3[nH]2)o1. The van der Waals surface area contributed by atoms with Crippen molar-refractivity contribution in [3.8, 4) is 0 Å². The van der Waals surface area contributed by atoms with Crippen LogP contribution in [0.1, 0.15) is 23.8 Å². The number of carbonyl (C=O) groups is 1. The van der Waals surface area contributed by atoms with Crippen molar-refractivity contribution in [2.24, 2.45) is 0 Å². The molecule has 2 aromatic heterocycles. The third kappa shape index (κ3) is 3.55. The van der Waals surface area contributed by atoms with Crippen LogP contribution in [-0.4, -0.2) is 22.4 Å². The minimum Gasteiger partial charge on any atom is -0.466 e. The van der Waals surface area contributed by atoms with E-state index in [1.54, 1.807) is 0 Å². The smallest absolute Gasteiger partial charge is 0.220 e. The lowest BCUT2D eigenvalue weighted by Crippen LogP contribution is -2.25. The van der Waals surface area contributed by atoms with E-state index >= 15 is 0 Å². The number of fused-ring (bicyclic) bond motifs is 1. The number of H-pyrrole nitrogens is 1. The first-order valence-electron chi connectivity index (χ1n) is 7.46. The number of hydrogen-bond donors (Lipinski definition) is 2. The molecule has 0 aliphatic rings. The summed E-state index contributed by atoms with van der Waals surface area (Å²) in [4.78, 5) is 19.5. The van der Waals surface area contributed by atoms with E-state index in [9.17, 15) is 4.79 Å².